The number of carbonyl (C=O) groups excluding carboxylic acids is 1. The molecule has 0 unspecified atom stereocenters. The average molecular weight is 369 g/mol. The Hall–Kier alpha value is -1.91. The van der Waals surface area contributed by atoms with E-state index in [1.165, 1.54) is 7.11 Å². The van der Waals surface area contributed by atoms with E-state index in [1.54, 1.807) is 30.3 Å². The Balaban J connectivity index is 1.85. The van der Waals surface area contributed by atoms with Crippen molar-refractivity contribution in [2.75, 3.05) is 20.3 Å². The van der Waals surface area contributed by atoms with Crippen molar-refractivity contribution in [3.05, 3.63) is 51.5 Å². The third-order valence-corrected chi connectivity index (χ3v) is 3.81. The van der Waals surface area contributed by atoms with Crippen LogP contribution < -0.4 is 14.2 Å². The highest BCUT2D eigenvalue weighted by Gasteiger charge is 2.08. The molecule has 0 aromatic heterocycles. The Labute approximate surface area is 151 Å². The lowest BCUT2D eigenvalue weighted by atomic mass is 10.2. The molecule has 0 saturated heterocycles. The van der Waals surface area contributed by atoms with Gasteiger partial charge in [0.25, 0.3) is 0 Å². The van der Waals surface area contributed by atoms with E-state index in [0.29, 0.717) is 52.5 Å². The Kier molecular flexibility index (Phi) is 6.76. The SMILES string of the molecule is COc1cc(C=O)ccc1OCCCOc1c(C)cc(Cl)cc1Cl. The van der Waals surface area contributed by atoms with E-state index in [0.717, 1.165) is 11.8 Å². The number of benzene rings is 2. The van der Waals surface area contributed by atoms with E-state index in [4.69, 9.17) is 37.4 Å². The van der Waals surface area contributed by atoms with Crippen LogP contribution >= 0.6 is 23.2 Å². The first-order chi connectivity index (χ1) is 11.5. The van der Waals surface area contributed by atoms with E-state index in [1.807, 2.05) is 6.92 Å². The van der Waals surface area contributed by atoms with Crippen LogP contribution in [0.5, 0.6) is 17.2 Å². The highest BCUT2D eigenvalue weighted by Crippen LogP contribution is 2.32. The molecule has 0 atom stereocenters. The number of methoxy groups -OCH3 is 1. The summed E-state index contributed by atoms with van der Waals surface area (Å²) in [6.07, 6.45) is 1.43. The fraction of sp³-hybridized carbons (Fsp3) is 0.278. The summed E-state index contributed by atoms with van der Waals surface area (Å²) in [5.41, 5.74) is 1.43. The highest BCUT2D eigenvalue weighted by atomic mass is 35.5. The Morgan fingerprint density at radius 2 is 1.79 bits per heavy atom. The molecule has 0 radical (unpaired) electrons. The number of hydrogen-bond acceptors (Lipinski definition) is 4. The second kappa shape index (κ2) is 8.81. The van der Waals surface area contributed by atoms with Crippen LogP contribution in [0.2, 0.25) is 10.0 Å². The second-order valence-electron chi connectivity index (χ2n) is 5.11. The molecule has 2 aromatic carbocycles. The molecule has 6 heteroatoms. The molecule has 0 amide bonds. The molecule has 0 aliphatic rings. The molecule has 0 bridgehead atoms. The van der Waals surface area contributed by atoms with Crippen LogP contribution in [0.1, 0.15) is 22.3 Å². The number of aryl methyl sites for hydroxylation is 1. The zero-order valence-corrected chi connectivity index (χ0v) is 15.0. The van der Waals surface area contributed by atoms with Crippen molar-refractivity contribution < 1.29 is 19.0 Å². The monoisotopic (exact) mass is 368 g/mol. The van der Waals surface area contributed by atoms with Gasteiger partial charge in [0.05, 0.1) is 25.3 Å². The summed E-state index contributed by atoms with van der Waals surface area (Å²) in [6, 6.07) is 8.48. The minimum Gasteiger partial charge on any atom is -0.493 e. The van der Waals surface area contributed by atoms with E-state index < -0.39 is 0 Å². The van der Waals surface area contributed by atoms with Crippen molar-refractivity contribution in [1.82, 2.24) is 0 Å². The maximum Gasteiger partial charge on any atom is 0.161 e. The van der Waals surface area contributed by atoms with Gasteiger partial charge >= 0.3 is 0 Å². The van der Waals surface area contributed by atoms with Gasteiger partial charge in [-0.25, -0.2) is 0 Å². The lowest BCUT2D eigenvalue weighted by molar-refractivity contribution is 0.112. The quantitative estimate of drug-likeness (QED) is 0.487. The fourth-order valence-electron chi connectivity index (χ4n) is 2.16. The minimum atomic E-state index is 0.445. The molecule has 0 aliphatic carbocycles. The van der Waals surface area contributed by atoms with Crippen LogP contribution in [0.4, 0.5) is 0 Å². The lowest BCUT2D eigenvalue weighted by Gasteiger charge is -2.13. The van der Waals surface area contributed by atoms with Gasteiger partial charge in [0.2, 0.25) is 0 Å². The molecular formula is C18H18Cl2O4. The molecular weight excluding hydrogens is 351 g/mol. The summed E-state index contributed by atoms with van der Waals surface area (Å²) in [4.78, 5) is 10.8. The molecule has 0 spiro atoms. The van der Waals surface area contributed by atoms with Crippen LogP contribution in [0.3, 0.4) is 0 Å². The predicted octanol–water partition coefficient (Wildman–Crippen LogP) is 4.97. The van der Waals surface area contributed by atoms with Crippen molar-refractivity contribution in [3.63, 3.8) is 0 Å². The van der Waals surface area contributed by atoms with Gasteiger partial charge in [0, 0.05) is 17.0 Å². The van der Waals surface area contributed by atoms with Gasteiger partial charge in [0.15, 0.2) is 11.5 Å². The molecule has 0 fully saturated rings. The van der Waals surface area contributed by atoms with E-state index in [2.05, 4.69) is 0 Å². The standard InChI is InChI=1S/C18H18Cl2O4/c1-12-8-14(19)10-15(20)18(12)24-7-3-6-23-16-5-4-13(11-21)9-17(16)22-2/h4-5,8-11H,3,6-7H2,1-2H3. The largest absolute Gasteiger partial charge is 0.493 e. The highest BCUT2D eigenvalue weighted by molar-refractivity contribution is 6.35. The first-order valence-electron chi connectivity index (χ1n) is 7.39. The third kappa shape index (κ3) is 4.79. The maximum absolute atomic E-state index is 10.8. The number of carbonyl (C=O) groups is 1. The van der Waals surface area contributed by atoms with Gasteiger partial charge in [-0.1, -0.05) is 23.2 Å². The average Bonchev–Trinajstić information content (AvgIpc) is 2.56. The lowest BCUT2D eigenvalue weighted by Crippen LogP contribution is -2.06. The van der Waals surface area contributed by atoms with Gasteiger partial charge in [-0.2, -0.15) is 0 Å². The van der Waals surface area contributed by atoms with Gasteiger partial charge in [0.1, 0.15) is 12.0 Å². The first kappa shape index (κ1) is 18.4. The summed E-state index contributed by atoms with van der Waals surface area (Å²) in [5, 5.41) is 1.08. The van der Waals surface area contributed by atoms with Crippen LogP contribution in [0.25, 0.3) is 0 Å². The number of aldehydes is 1. The predicted molar refractivity (Wildman–Crippen MR) is 95.2 cm³/mol. The number of hydrogen-bond donors (Lipinski definition) is 0. The fourth-order valence-corrected chi connectivity index (χ4v) is 2.81. The van der Waals surface area contributed by atoms with Crippen molar-refractivity contribution >= 4 is 29.5 Å². The summed E-state index contributed by atoms with van der Waals surface area (Å²) < 4.78 is 16.6. The Bertz CT molecular complexity index is 693. The topological polar surface area (TPSA) is 44.8 Å². The maximum atomic E-state index is 10.8. The Morgan fingerprint density at radius 1 is 1.04 bits per heavy atom. The Morgan fingerprint density at radius 3 is 2.46 bits per heavy atom. The summed E-state index contributed by atoms with van der Waals surface area (Å²) in [5.74, 6) is 1.75. The van der Waals surface area contributed by atoms with Gasteiger partial charge in [-0.15, -0.1) is 0 Å². The van der Waals surface area contributed by atoms with Crippen LogP contribution in [-0.2, 0) is 0 Å². The molecule has 2 rings (SSSR count). The van der Waals surface area contributed by atoms with Gasteiger partial charge in [-0.3, -0.25) is 4.79 Å². The zero-order chi connectivity index (χ0) is 17.5. The molecule has 128 valence electrons. The van der Waals surface area contributed by atoms with Crippen molar-refractivity contribution in [2.24, 2.45) is 0 Å². The van der Waals surface area contributed by atoms with Crippen LogP contribution in [0.15, 0.2) is 30.3 Å². The molecule has 0 heterocycles. The normalized spacial score (nSPS) is 10.3. The first-order valence-corrected chi connectivity index (χ1v) is 8.15. The molecule has 0 aliphatic heterocycles. The summed E-state index contributed by atoms with van der Waals surface area (Å²) >= 11 is 12.1. The van der Waals surface area contributed by atoms with Crippen molar-refractivity contribution in [3.8, 4) is 17.2 Å². The molecule has 0 saturated carbocycles. The third-order valence-electron chi connectivity index (χ3n) is 3.31. The smallest absolute Gasteiger partial charge is 0.161 e. The molecule has 0 N–H and O–H groups in total. The molecule has 2 aromatic rings. The van der Waals surface area contributed by atoms with Crippen molar-refractivity contribution in [2.45, 2.75) is 13.3 Å². The zero-order valence-electron chi connectivity index (χ0n) is 13.5. The van der Waals surface area contributed by atoms with E-state index in [9.17, 15) is 4.79 Å². The van der Waals surface area contributed by atoms with E-state index in [-0.39, 0.29) is 0 Å². The molecule has 4 nitrogen and oxygen atoms in total. The number of rotatable bonds is 8. The van der Waals surface area contributed by atoms with Crippen LogP contribution in [-0.4, -0.2) is 26.6 Å². The van der Waals surface area contributed by atoms with E-state index >= 15 is 0 Å². The minimum absolute atomic E-state index is 0.445. The number of halogens is 2. The van der Waals surface area contributed by atoms with Gasteiger partial charge < -0.3 is 14.2 Å². The second-order valence-corrected chi connectivity index (χ2v) is 5.96. The van der Waals surface area contributed by atoms with Crippen molar-refractivity contribution in [1.29, 1.82) is 0 Å². The van der Waals surface area contributed by atoms with Crippen LogP contribution in [0, 0.1) is 6.92 Å². The number of ether oxygens (including phenoxy) is 3. The molecule has 24 heavy (non-hydrogen) atoms. The van der Waals surface area contributed by atoms with Gasteiger partial charge in [-0.05, 0) is 42.8 Å². The summed E-state index contributed by atoms with van der Waals surface area (Å²) in [6.45, 7) is 2.79. The summed E-state index contributed by atoms with van der Waals surface area (Å²) in [7, 11) is 1.53.